The first-order valence-electron chi connectivity index (χ1n) is 2.13. The lowest BCUT2D eigenvalue weighted by Gasteiger charge is -1.91. The van der Waals surface area contributed by atoms with E-state index in [1.165, 1.54) is 0 Å². The van der Waals surface area contributed by atoms with E-state index in [-0.39, 0.29) is 0 Å². The van der Waals surface area contributed by atoms with Crippen LogP contribution in [-0.2, 0) is 0 Å². The first-order valence-corrected chi connectivity index (χ1v) is 5.53. The van der Waals surface area contributed by atoms with E-state index in [0.29, 0.717) is 0 Å². The van der Waals surface area contributed by atoms with Gasteiger partial charge >= 0.3 is 0 Å². The Morgan fingerprint density at radius 3 is 2.33 bits per heavy atom. The molecule has 38 valence electrons. The highest BCUT2D eigenvalue weighted by Gasteiger charge is 1.92. The fourth-order valence-corrected chi connectivity index (χ4v) is 1.55. The van der Waals surface area contributed by atoms with E-state index < -0.39 is 8.19 Å². The highest BCUT2D eigenvalue weighted by molar-refractivity contribution is 8.09. The van der Waals surface area contributed by atoms with Crippen LogP contribution < -0.4 is 0 Å². The lowest BCUT2D eigenvalue weighted by molar-refractivity contribution is 0.591. The molecule has 0 heterocycles. The van der Waals surface area contributed by atoms with Gasteiger partial charge in [0.05, 0.1) is 0 Å². The molecule has 0 aliphatic rings. The van der Waals surface area contributed by atoms with Crippen LogP contribution in [0.2, 0.25) is 6.04 Å². The molecule has 0 saturated carbocycles. The smallest absolute Gasteiger partial charge is 0.231 e. The summed E-state index contributed by atoms with van der Waals surface area (Å²) in [5, 5.41) is 0. The van der Waals surface area contributed by atoms with Gasteiger partial charge in [-0.3, -0.25) is 0 Å². The SMILES string of the molecule is CCC[SiH](O)S. The van der Waals surface area contributed by atoms with Gasteiger partial charge in [-0.25, -0.2) is 0 Å². The van der Waals surface area contributed by atoms with Crippen molar-refractivity contribution in [1.82, 2.24) is 0 Å². The van der Waals surface area contributed by atoms with Crippen LogP contribution in [-0.4, -0.2) is 13.0 Å². The van der Waals surface area contributed by atoms with E-state index >= 15 is 0 Å². The summed E-state index contributed by atoms with van der Waals surface area (Å²) in [6.45, 7) is 2.05. The lowest BCUT2D eigenvalue weighted by Crippen LogP contribution is -1.98. The largest absolute Gasteiger partial charge is 0.425 e. The van der Waals surface area contributed by atoms with Gasteiger partial charge in [0.1, 0.15) is 0 Å². The summed E-state index contributed by atoms with van der Waals surface area (Å²) in [5.41, 5.74) is 0. The van der Waals surface area contributed by atoms with Gasteiger partial charge in [-0.2, -0.15) is 12.1 Å². The van der Waals surface area contributed by atoms with Crippen molar-refractivity contribution < 1.29 is 4.80 Å². The summed E-state index contributed by atoms with van der Waals surface area (Å²) in [4.78, 5) is 8.56. The Hall–Kier alpha value is 0.527. The van der Waals surface area contributed by atoms with Crippen LogP contribution in [0.4, 0.5) is 0 Å². The summed E-state index contributed by atoms with van der Waals surface area (Å²) in [6, 6.07) is 0.934. The standard InChI is InChI=1S/C3H10OSSi/c1-2-3-6(4)5/h4-6H,2-3H2,1H3. The third-order valence-electron chi connectivity index (χ3n) is 0.547. The van der Waals surface area contributed by atoms with Gasteiger partial charge in [0, 0.05) is 0 Å². The molecule has 1 N–H and O–H groups in total. The zero-order valence-electron chi connectivity index (χ0n) is 3.89. The quantitative estimate of drug-likeness (QED) is 0.404. The van der Waals surface area contributed by atoms with E-state index in [1.54, 1.807) is 0 Å². The molecule has 0 aliphatic carbocycles. The molecule has 0 spiro atoms. The van der Waals surface area contributed by atoms with Crippen molar-refractivity contribution in [3.63, 3.8) is 0 Å². The minimum atomic E-state index is -1.48. The molecule has 0 aromatic heterocycles. The van der Waals surface area contributed by atoms with Crippen LogP contribution in [0.15, 0.2) is 0 Å². The summed E-state index contributed by atoms with van der Waals surface area (Å²) < 4.78 is 0. The van der Waals surface area contributed by atoms with Crippen LogP contribution in [0.25, 0.3) is 0 Å². The summed E-state index contributed by atoms with van der Waals surface area (Å²) in [6.07, 6.45) is 1.07. The normalized spacial score (nSPS) is 14.5. The number of hydrogen-bond donors (Lipinski definition) is 2. The van der Waals surface area contributed by atoms with Crippen molar-refractivity contribution in [2.75, 3.05) is 0 Å². The molecule has 3 heteroatoms. The summed E-state index contributed by atoms with van der Waals surface area (Å²) in [7, 11) is -1.48. The van der Waals surface area contributed by atoms with Crippen LogP contribution in [0.1, 0.15) is 13.3 Å². The molecule has 0 aromatic carbocycles. The van der Waals surface area contributed by atoms with E-state index in [0.717, 1.165) is 12.5 Å². The Morgan fingerprint density at radius 1 is 1.83 bits per heavy atom. The molecule has 0 saturated heterocycles. The Kier molecular flexibility index (Phi) is 4.03. The van der Waals surface area contributed by atoms with Crippen molar-refractivity contribution in [2.24, 2.45) is 0 Å². The third kappa shape index (κ3) is 4.53. The lowest BCUT2D eigenvalue weighted by atomic mass is 10.6. The topological polar surface area (TPSA) is 20.2 Å². The van der Waals surface area contributed by atoms with Gasteiger partial charge in [0.25, 0.3) is 0 Å². The minimum Gasteiger partial charge on any atom is -0.425 e. The van der Waals surface area contributed by atoms with Crippen LogP contribution >= 0.6 is 12.1 Å². The molecule has 0 radical (unpaired) electrons. The molecular weight excluding hydrogens is 112 g/mol. The van der Waals surface area contributed by atoms with Gasteiger partial charge in [-0.15, -0.1) is 0 Å². The zero-order valence-corrected chi connectivity index (χ0v) is 5.94. The Labute approximate surface area is 45.2 Å². The van der Waals surface area contributed by atoms with E-state index in [2.05, 4.69) is 12.1 Å². The van der Waals surface area contributed by atoms with Gasteiger partial charge in [-0.1, -0.05) is 13.3 Å². The fourth-order valence-electron chi connectivity index (χ4n) is 0.258. The first kappa shape index (κ1) is 6.53. The van der Waals surface area contributed by atoms with Crippen LogP contribution in [0.3, 0.4) is 0 Å². The Balaban J connectivity index is 2.63. The van der Waals surface area contributed by atoms with Crippen molar-refractivity contribution in [3.05, 3.63) is 0 Å². The Morgan fingerprint density at radius 2 is 2.33 bits per heavy atom. The predicted molar refractivity (Wildman–Crippen MR) is 33.5 cm³/mol. The predicted octanol–water partition coefficient (Wildman–Crippen LogP) is 0.539. The third-order valence-corrected chi connectivity index (χ3v) is 2.42. The van der Waals surface area contributed by atoms with Crippen molar-refractivity contribution in [2.45, 2.75) is 19.4 Å². The molecule has 0 aliphatic heterocycles. The highest BCUT2D eigenvalue weighted by atomic mass is 32.3. The maximum absolute atomic E-state index is 8.56. The molecule has 0 rings (SSSR count). The highest BCUT2D eigenvalue weighted by Crippen LogP contribution is 1.94. The number of thiol groups is 1. The minimum absolute atomic E-state index is 0.934. The summed E-state index contributed by atoms with van der Waals surface area (Å²) >= 11 is 3.87. The van der Waals surface area contributed by atoms with Crippen molar-refractivity contribution in [3.8, 4) is 0 Å². The van der Waals surface area contributed by atoms with Crippen molar-refractivity contribution >= 4 is 20.3 Å². The molecule has 1 unspecified atom stereocenters. The number of hydrogen-bond acceptors (Lipinski definition) is 2. The maximum Gasteiger partial charge on any atom is 0.231 e. The van der Waals surface area contributed by atoms with Crippen LogP contribution in [0.5, 0.6) is 0 Å². The molecule has 0 amide bonds. The van der Waals surface area contributed by atoms with Gasteiger partial charge in [0.15, 0.2) is 0 Å². The zero-order chi connectivity index (χ0) is 4.99. The first-order chi connectivity index (χ1) is 2.77. The molecule has 0 fully saturated rings. The average Bonchev–Trinajstić information content (AvgIpc) is 1.35. The van der Waals surface area contributed by atoms with E-state index in [1.807, 2.05) is 6.92 Å². The van der Waals surface area contributed by atoms with Gasteiger partial charge < -0.3 is 4.80 Å². The second-order valence-electron chi connectivity index (χ2n) is 1.27. The molecule has 0 aromatic rings. The van der Waals surface area contributed by atoms with Crippen LogP contribution in [0, 0.1) is 0 Å². The molecule has 1 atom stereocenters. The average molecular weight is 122 g/mol. The molecule has 1 nitrogen and oxygen atoms in total. The molecule has 6 heavy (non-hydrogen) atoms. The van der Waals surface area contributed by atoms with Gasteiger partial charge in [0.2, 0.25) is 8.19 Å². The number of rotatable bonds is 2. The summed E-state index contributed by atoms with van der Waals surface area (Å²) in [5.74, 6) is 0. The van der Waals surface area contributed by atoms with E-state index in [9.17, 15) is 0 Å². The second-order valence-corrected chi connectivity index (χ2v) is 4.60. The molecular formula is C3H10OSSi. The monoisotopic (exact) mass is 122 g/mol. The maximum atomic E-state index is 8.56. The van der Waals surface area contributed by atoms with E-state index in [4.69, 9.17) is 4.80 Å². The fraction of sp³-hybridized carbons (Fsp3) is 1.00. The second kappa shape index (κ2) is 3.71. The van der Waals surface area contributed by atoms with Crippen molar-refractivity contribution in [1.29, 1.82) is 0 Å². The van der Waals surface area contributed by atoms with Gasteiger partial charge in [-0.05, 0) is 6.04 Å². The Bertz CT molecular complexity index is 32.0. The molecule has 0 bridgehead atoms.